The predicted octanol–water partition coefficient (Wildman–Crippen LogP) is 2.68. The maximum Gasteiger partial charge on any atom is 0.408 e. The number of aldehydes is 1. The van der Waals surface area contributed by atoms with Gasteiger partial charge < -0.3 is 30.2 Å². The number of unbranched alkanes of at least 4 members (excludes halogenated alkanes) is 1. The molecule has 0 unspecified atom stereocenters. The fourth-order valence-electron chi connectivity index (χ4n) is 2.53. The molecule has 3 amide bonds. The molecule has 0 aliphatic rings. The Morgan fingerprint density at radius 2 is 1.71 bits per heavy atom. The highest BCUT2D eigenvalue weighted by Gasteiger charge is 2.23. The third-order valence-corrected chi connectivity index (χ3v) is 3.97. The molecule has 3 N–H and O–H groups in total. The van der Waals surface area contributed by atoms with Gasteiger partial charge in [0.2, 0.25) is 5.91 Å². The van der Waals surface area contributed by atoms with Gasteiger partial charge in [-0.15, -0.1) is 0 Å². The SMILES string of the molecule is CC(C)(C)OC(=O)N[C@@H](CCCCNC(=O)OCc1ccccc1)C(=O)NCCC=O. The van der Waals surface area contributed by atoms with E-state index >= 15 is 0 Å². The van der Waals surface area contributed by atoms with Crippen molar-refractivity contribution in [3.05, 3.63) is 35.9 Å². The fraction of sp³-hybridized carbons (Fsp3) is 0.545. The van der Waals surface area contributed by atoms with Crippen LogP contribution in [0.4, 0.5) is 9.59 Å². The second kappa shape index (κ2) is 14.0. The molecule has 172 valence electrons. The van der Waals surface area contributed by atoms with E-state index in [1.54, 1.807) is 20.8 Å². The number of benzene rings is 1. The van der Waals surface area contributed by atoms with Gasteiger partial charge in [0, 0.05) is 19.5 Å². The zero-order valence-electron chi connectivity index (χ0n) is 18.4. The van der Waals surface area contributed by atoms with Crippen LogP contribution in [0, 0.1) is 0 Å². The predicted molar refractivity (Wildman–Crippen MR) is 115 cm³/mol. The second-order valence-corrected chi connectivity index (χ2v) is 7.93. The third-order valence-electron chi connectivity index (χ3n) is 3.97. The summed E-state index contributed by atoms with van der Waals surface area (Å²) in [6.45, 7) is 5.95. The normalized spacial score (nSPS) is 11.7. The largest absolute Gasteiger partial charge is 0.445 e. The van der Waals surface area contributed by atoms with Crippen LogP contribution >= 0.6 is 0 Å². The van der Waals surface area contributed by atoms with Gasteiger partial charge in [-0.3, -0.25) is 4.79 Å². The molecular weight excluding hydrogens is 402 g/mol. The smallest absolute Gasteiger partial charge is 0.408 e. The van der Waals surface area contributed by atoms with Crippen LogP contribution in [-0.2, 0) is 25.7 Å². The molecule has 0 bridgehead atoms. The van der Waals surface area contributed by atoms with Crippen molar-refractivity contribution in [3.63, 3.8) is 0 Å². The summed E-state index contributed by atoms with van der Waals surface area (Å²) in [5, 5.41) is 7.83. The van der Waals surface area contributed by atoms with Gasteiger partial charge in [-0.05, 0) is 45.6 Å². The van der Waals surface area contributed by atoms with Crippen molar-refractivity contribution in [2.45, 2.75) is 64.7 Å². The van der Waals surface area contributed by atoms with Crippen molar-refractivity contribution >= 4 is 24.4 Å². The summed E-state index contributed by atoms with van der Waals surface area (Å²) in [5.74, 6) is -0.386. The van der Waals surface area contributed by atoms with Crippen LogP contribution in [-0.4, -0.2) is 49.1 Å². The lowest BCUT2D eigenvalue weighted by atomic mass is 10.1. The summed E-state index contributed by atoms with van der Waals surface area (Å²) >= 11 is 0. The van der Waals surface area contributed by atoms with E-state index in [2.05, 4.69) is 16.0 Å². The summed E-state index contributed by atoms with van der Waals surface area (Å²) in [7, 11) is 0. The first kappa shape index (κ1) is 25.9. The monoisotopic (exact) mass is 435 g/mol. The molecule has 0 aromatic heterocycles. The van der Waals surface area contributed by atoms with E-state index in [0.29, 0.717) is 32.1 Å². The summed E-state index contributed by atoms with van der Waals surface area (Å²) in [6, 6.07) is 8.56. The lowest BCUT2D eigenvalue weighted by Crippen LogP contribution is -2.48. The van der Waals surface area contributed by atoms with E-state index in [-0.39, 0.29) is 25.5 Å². The van der Waals surface area contributed by atoms with Gasteiger partial charge in [0.25, 0.3) is 0 Å². The average molecular weight is 436 g/mol. The lowest BCUT2D eigenvalue weighted by molar-refractivity contribution is -0.123. The van der Waals surface area contributed by atoms with Gasteiger partial charge in [0.05, 0.1) is 0 Å². The first-order chi connectivity index (χ1) is 14.7. The molecule has 1 rings (SSSR count). The van der Waals surface area contributed by atoms with Crippen molar-refractivity contribution < 1.29 is 28.7 Å². The van der Waals surface area contributed by atoms with Crippen molar-refractivity contribution in [3.8, 4) is 0 Å². The molecule has 31 heavy (non-hydrogen) atoms. The molecule has 9 nitrogen and oxygen atoms in total. The van der Waals surface area contributed by atoms with E-state index in [9.17, 15) is 19.2 Å². The van der Waals surface area contributed by atoms with Crippen molar-refractivity contribution in [1.82, 2.24) is 16.0 Å². The van der Waals surface area contributed by atoms with Crippen LogP contribution in [0.1, 0.15) is 52.0 Å². The third kappa shape index (κ3) is 12.9. The highest BCUT2D eigenvalue weighted by atomic mass is 16.6. The Labute approximate surface area is 183 Å². The Kier molecular flexibility index (Phi) is 11.7. The standard InChI is InChI=1S/C22H33N3O6/c1-22(2,3)31-21(29)25-18(19(27)23-14-9-15-26)12-7-8-13-24-20(28)30-16-17-10-5-4-6-11-17/h4-6,10-11,15,18H,7-9,12-14,16H2,1-3H3,(H,23,27)(H,24,28)(H,25,29)/t18-/m0/s1. The Bertz CT molecular complexity index is 703. The molecule has 0 saturated carbocycles. The van der Waals surface area contributed by atoms with Gasteiger partial charge in [-0.1, -0.05) is 30.3 Å². The average Bonchev–Trinajstić information content (AvgIpc) is 2.70. The molecule has 0 heterocycles. The highest BCUT2D eigenvalue weighted by Crippen LogP contribution is 2.08. The first-order valence-electron chi connectivity index (χ1n) is 10.4. The Morgan fingerprint density at radius 1 is 1.00 bits per heavy atom. The minimum atomic E-state index is -0.800. The number of hydrogen-bond acceptors (Lipinski definition) is 6. The molecule has 1 atom stereocenters. The van der Waals surface area contributed by atoms with Crippen molar-refractivity contribution in [2.75, 3.05) is 13.1 Å². The topological polar surface area (TPSA) is 123 Å². The number of hydrogen-bond donors (Lipinski definition) is 3. The molecule has 0 radical (unpaired) electrons. The quantitative estimate of drug-likeness (QED) is 0.343. The van der Waals surface area contributed by atoms with E-state index in [0.717, 1.165) is 5.56 Å². The Balaban J connectivity index is 2.37. The number of nitrogens with one attached hydrogen (secondary N) is 3. The molecule has 1 aromatic rings. The molecule has 1 aromatic carbocycles. The van der Waals surface area contributed by atoms with Crippen LogP contribution in [0.15, 0.2) is 30.3 Å². The first-order valence-corrected chi connectivity index (χ1v) is 10.4. The van der Waals surface area contributed by atoms with Crippen LogP contribution in [0.5, 0.6) is 0 Å². The number of rotatable bonds is 12. The number of carbonyl (C=O) groups is 4. The fourth-order valence-corrected chi connectivity index (χ4v) is 2.53. The van der Waals surface area contributed by atoms with Crippen LogP contribution in [0.25, 0.3) is 0 Å². The maximum atomic E-state index is 12.3. The van der Waals surface area contributed by atoms with Gasteiger partial charge >= 0.3 is 12.2 Å². The number of alkyl carbamates (subject to hydrolysis) is 2. The summed E-state index contributed by atoms with van der Waals surface area (Å²) < 4.78 is 10.3. The minimum absolute atomic E-state index is 0.190. The highest BCUT2D eigenvalue weighted by molar-refractivity contribution is 5.85. The van der Waals surface area contributed by atoms with E-state index in [1.807, 2.05) is 30.3 Å². The van der Waals surface area contributed by atoms with Crippen LogP contribution in [0.2, 0.25) is 0 Å². The molecule has 0 saturated heterocycles. The van der Waals surface area contributed by atoms with Gasteiger partial charge in [-0.2, -0.15) is 0 Å². The van der Waals surface area contributed by atoms with Gasteiger partial charge in [-0.25, -0.2) is 9.59 Å². The van der Waals surface area contributed by atoms with Crippen molar-refractivity contribution in [2.24, 2.45) is 0 Å². The number of carbonyl (C=O) groups excluding carboxylic acids is 4. The van der Waals surface area contributed by atoms with E-state index in [4.69, 9.17) is 9.47 Å². The number of amides is 3. The van der Waals surface area contributed by atoms with Gasteiger partial charge in [0.1, 0.15) is 24.5 Å². The summed E-state index contributed by atoms with van der Waals surface area (Å²) in [6.07, 6.45) is 1.21. The summed E-state index contributed by atoms with van der Waals surface area (Å²) in [5.41, 5.74) is 0.210. The second-order valence-electron chi connectivity index (χ2n) is 7.93. The molecule has 9 heteroatoms. The van der Waals surface area contributed by atoms with E-state index < -0.39 is 23.8 Å². The Morgan fingerprint density at radius 3 is 2.35 bits per heavy atom. The Hall–Kier alpha value is -3.10. The zero-order valence-corrected chi connectivity index (χ0v) is 18.4. The molecular formula is C22H33N3O6. The minimum Gasteiger partial charge on any atom is -0.445 e. The van der Waals surface area contributed by atoms with Crippen LogP contribution in [0.3, 0.4) is 0 Å². The molecule has 0 aliphatic carbocycles. The van der Waals surface area contributed by atoms with Gasteiger partial charge in [0.15, 0.2) is 0 Å². The maximum absolute atomic E-state index is 12.3. The van der Waals surface area contributed by atoms with E-state index in [1.165, 1.54) is 0 Å². The van der Waals surface area contributed by atoms with Crippen molar-refractivity contribution in [1.29, 1.82) is 0 Å². The molecule has 0 aliphatic heterocycles. The number of ether oxygens (including phenoxy) is 2. The zero-order chi connectivity index (χ0) is 23.1. The van der Waals surface area contributed by atoms with Crippen LogP contribution < -0.4 is 16.0 Å². The lowest BCUT2D eigenvalue weighted by Gasteiger charge is -2.23. The molecule has 0 spiro atoms. The molecule has 0 fully saturated rings. The summed E-state index contributed by atoms with van der Waals surface area (Å²) in [4.78, 5) is 46.5.